The van der Waals surface area contributed by atoms with Crippen LogP contribution in [0.25, 0.3) is 26.8 Å². The Labute approximate surface area is 173 Å². The molecule has 0 unspecified atom stereocenters. The number of rotatable bonds is 4. The van der Waals surface area contributed by atoms with Crippen LogP contribution in [0.5, 0.6) is 0 Å². The second-order valence-corrected chi connectivity index (χ2v) is 7.62. The molecule has 0 aliphatic heterocycles. The van der Waals surface area contributed by atoms with Crippen molar-refractivity contribution >= 4 is 44.1 Å². The number of aromatic nitrogens is 3. The van der Waals surface area contributed by atoms with E-state index in [9.17, 15) is 14.4 Å². The van der Waals surface area contributed by atoms with Gasteiger partial charge in [0.25, 0.3) is 5.56 Å². The minimum atomic E-state index is -0.484. The molecular formula is C22H15N3O4S. The number of pyridine rings is 1. The van der Waals surface area contributed by atoms with Crippen LogP contribution < -0.4 is 11.0 Å². The number of nitrogens with zero attached hydrogens (tertiary/aromatic N) is 3. The molecule has 3 heterocycles. The molecule has 0 bridgehead atoms. The molecule has 0 spiro atoms. The zero-order valence-corrected chi connectivity index (χ0v) is 16.5. The fraction of sp³-hybridized carbons (Fsp3) is 0.0909. The minimum Gasteiger partial charge on any atom is -0.458 e. The lowest BCUT2D eigenvalue weighted by Gasteiger charge is -2.14. The third kappa shape index (κ3) is 3.07. The van der Waals surface area contributed by atoms with Crippen molar-refractivity contribution in [3.05, 3.63) is 92.4 Å². The molecule has 0 radical (unpaired) electrons. The van der Waals surface area contributed by atoms with Crippen LogP contribution in [-0.2, 0) is 22.7 Å². The second-order valence-electron chi connectivity index (χ2n) is 6.75. The van der Waals surface area contributed by atoms with Gasteiger partial charge in [-0.3, -0.25) is 18.8 Å². The van der Waals surface area contributed by atoms with E-state index in [4.69, 9.17) is 4.74 Å². The van der Waals surface area contributed by atoms with Gasteiger partial charge >= 0.3 is 5.97 Å². The van der Waals surface area contributed by atoms with E-state index in [0.29, 0.717) is 32.5 Å². The average Bonchev–Trinajstić information content (AvgIpc) is 3.25. The van der Waals surface area contributed by atoms with Crippen molar-refractivity contribution in [3.63, 3.8) is 0 Å². The number of carbonyl (C=O) groups excluding carboxylic acids is 1. The number of thiazole rings is 1. The lowest BCUT2D eigenvalue weighted by molar-refractivity contribution is -0.145. The van der Waals surface area contributed by atoms with Gasteiger partial charge in [-0.05, 0) is 24.3 Å². The third-order valence-electron chi connectivity index (χ3n) is 4.90. The number of esters is 1. The van der Waals surface area contributed by atoms with Gasteiger partial charge in [0.2, 0.25) is 0 Å². The van der Waals surface area contributed by atoms with Crippen LogP contribution in [0, 0.1) is 0 Å². The summed E-state index contributed by atoms with van der Waals surface area (Å²) in [5.74, 6) is -0.484. The van der Waals surface area contributed by atoms with Crippen molar-refractivity contribution in [1.82, 2.24) is 14.0 Å². The van der Waals surface area contributed by atoms with Crippen molar-refractivity contribution in [1.29, 1.82) is 0 Å². The predicted octanol–water partition coefficient (Wildman–Crippen LogP) is 2.97. The molecule has 0 aliphatic carbocycles. The standard InChI is InChI=1S/C22H15N3O4S/c26-19-11-14(23-22-24(19)9-10-30-22)13-29-20(27)12-25-17-7-3-1-5-15(17)21(28)16-6-2-4-8-18(16)25/h1-11H,12-13H2. The minimum absolute atomic E-state index is 0.0679. The van der Waals surface area contributed by atoms with Crippen LogP contribution in [0.3, 0.4) is 0 Å². The average molecular weight is 417 g/mol. The van der Waals surface area contributed by atoms with Gasteiger partial charge in [-0.2, -0.15) is 0 Å². The summed E-state index contributed by atoms with van der Waals surface area (Å²) in [7, 11) is 0. The van der Waals surface area contributed by atoms with Crippen molar-refractivity contribution < 1.29 is 9.53 Å². The highest BCUT2D eigenvalue weighted by Gasteiger charge is 2.14. The maximum Gasteiger partial charge on any atom is 0.326 e. The molecule has 0 N–H and O–H groups in total. The maximum absolute atomic E-state index is 12.8. The summed E-state index contributed by atoms with van der Waals surface area (Å²) < 4.78 is 8.61. The van der Waals surface area contributed by atoms with Crippen molar-refractivity contribution in [2.45, 2.75) is 13.2 Å². The van der Waals surface area contributed by atoms with Crippen LogP contribution in [0.15, 0.2) is 75.8 Å². The van der Waals surface area contributed by atoms with Gasteiger partial charge in [0, 0.05) is 28.4 Å². The van der Waals surface area contributed by atoms with Crippen molar-refractivity contribution in [2.75, 3.05) is 0 Å². The highest BCUT2D eigenvalue weighted by molar-refractivity contribution is 7.15. The summed E-state index contributed by atoms with van der Waals surface area (Å²) in [6, 6.07) is 15.7. The van der Waals surface area contributed by atoms with Gasteiger partial charge in [0.05, 0.1) is 16.7 Å². The molecule has 0 atom stereocenters. The van der Waals surface area contributed by atoms with Crippen LogP contribution in [-0.4, -0.2) is 19.9 Å². The molecule has 0 aliphatic rings. The Bertz CT molecular complexity index is 1490. The molecule has 3 aromatic heterocycles. The Morgan fingerprint density at radius 1 is 1.00 bits per heavy atom. The molecule has 2 aromatic carbocycles. The van der Waals surface area contributed by atoms with E-state index >= 15 is 0 Å². The summed E-state index contributed by atoms with van der Waals surface area (Å²) in [6.07, 6.45) is 1.65. The summed E-state index contributed by atoms with van der Waals surface area (Å²) in [6.45, 7) is -0.167. The Balaban J connectivity index is 1.47. The lowest BCUT2D eigenvalue weighted by Crippen LogP contribution is -2.19. The smallest absolute Gasteiger partial charge is 0.326 e. The number of ether oxygens (including phenoxy) is 1. The van der Waals surface area contributed by atoms with Gasteiger partial charge in [-0.1, -0.05) is 24.3 Å². The number of hydrogen-bond acceptors (Lipinski definition) is 6. The summed E-state index contributed by atoms with van der Waals surface area (Å²) in [5.41, 5.74) is 1.43. The molecule has 8 heteroatoms. The Morgan fingerprint density at radius 3 is 2.37 bits per heavy atom. The zero-order valence-electron chi connectivity index (χ0n) is 15.6. The van der Waals surface area contributed by atoms with Gasteiger partial charge in [-0.15, -0.1) is 11.3 Å². The maximum atomic E-state index is 12.8. The van der Waals surface area contributed by atoms with E-state index in [1.807, 2.05) is 24.3 Å². The Kier molecular flexibility index (Phi) is 4.40. The SMILES string of the molecule is O=C(Cn1c2ccccc2c(=O)c2ccccc21)OCc1cc(=O)n2ccsc2n1. The van der Waals surface area contributed by atoms with E-state index in [1.165, 1.54) is 21.8 Å². The second kappa shape index (κ2) is 7.23. The molecule has 7 nitrogen and oxygen atoms in total. The molecule has 5 rings (SSSR count). The number of benzene rings is 2. The van der Waals surface area contributed by atoms with Gasteiger partial charge < -0.3 is 9.30 Å². The first-order chi connectivity index (χ1) is 14.6. The largest absolute Gasteiger partial charge is 0.458 e. The molecule has 0 saturated heterocycles. The normalized spacial score (nSPS) is 11.3. The molecule has 30 heavy (non-hydrogen) atoms. The fourth-order valence-corrected chi connectivity index (χ4v) is 4.28. The quantitative estimate of drug-likeness (QED) is 0.332. The number of carbonyl (C=O) groups is 1. The summed E-state index contributed by atoms with van der Waals surface area (Å²) in [4.78, 5) is 42.4. The molecule has 148 valence electrons. The van der Waals surface area contributed by atoms with Gasteiger partial charge in [-0.25, -0.2) is 4.98 Å². The summed E-state index contributed by atoms with van der Waals surface area (Å²) in [5, 5.41) is 2.86. The molecular weight excluding hydrogens is 402 g/mol. The zero-order chi connectivity index (χ0) is 20.7. The van der Waals surface area contributed by atoms with Crippen molar-refractivity contribution in [2.24, 2.45) is 0 Å². The first-order valence-corrected chi connectivity index (χ1v) is 10.1. The lowest BCUT2D eigenvalue weighted by atomic mass is 10.1. The van der Waals surface area contributed by atoms with Crippen LogP contribution in [0.4, 0.5) is 0 Å². The molecule has 0 saturated carbocycles. The monoisotopic (exact) mass is 417 g/mol. The first-order valence-electron chi connectivity index (χ1n) is 9.23. The number of para-hydroxylation sites is 2. The van der Waals surface area contributed by atoms with E-state index in [0.717, 1.165) is 0 Å². The highest BCUT2D eigenvalue weighted by Crippen LogP contribution is 2.19. The van der Waals surface area contributed by atoms with Gasteiger partial charge in [0.15, 0.2) is 10.4 Å². The van der Waals surface area contributed by atoms with E-state index in [-0.39, 0.29) is 24.1 Å². The Hall–Kier alpha value is -3.78. The molecule has 5 aromatic rings. The summed E-state index contributed by atoms with van der Waals surface area (Å²) >= 11 is 1.33. The van der Waals surface area contributed by atoms with Crippen LogP contribution in [0.1, 0.15) is 5.69 Å². The van der Waals surface area contributed by atoms with Gasteiger partial charge in [0.1, 0.15) is 13.2 Å². The number of hydrogen-bond donors (Lipinski definition) is 0. The topological polar surface area (TPSA) is 82.7 Å². The van der Waals surface area contributed by atoms with Crippen LogP contribution in [0.2, 0.25) is 0 Å². The Morgan fingerprint density at radius 2 is 1.67 bits per heavy atom. The third-order valence-corrected chi connectivity index (χ3v) is 5.66. The van der Waals surface area contributed by atoms with E-state index in [2.05, 4.69) is 4.98 Å². The number of fused-ring (bicyclic) bond motifs is 3. The fourth-order valence-electron chi connectivity index (χ4n) is 3.54. The first kappa shape index (κ1) is 18.3. The predicted molar refractivity (Wildman–Crippen MR) is 115 cm³/mol. The van der Waals surface area contributed by atoms with E-state index < -0.39 is 5.97 Å². The van der Waals surface area contributed by atoms with Crippen molar-refractivity contribution in [3.8, 4) is 0 Å². The molecule has 0 amide bonds. The molecule has 0 fully saturated rings. The van der Waals surface area contributed by atoms with Crippen LogP contribution >= 0.6 is 11.3 Å². The highest BCUT2D eigenvalue weighted by atomic mass is 32.1. The van der Waals surface area contributed by atoms with E-state index in [1.54, 1.807) is 40.4 Å².